The second-order valence-corrected chi connectivity index (χ2v) is 9.68. The van der Waals surface area contributed by atoms with Crippen molar-refractivity contribution in [2.45, 2.75) is 52.6 Å². The molecule has 1 atom stereocenters. The fourth-order valence-corrected chi connectivity index (χ4v) is 4.87. The molecule has 1 aliphatic rings. The van der Waals surface area contributed by atoms with Crippen molar-refractivity contribution in [1.82, 2.24) is 19.8 Å². The summed E-state index contributed by atoms with van der Waals surface area (Å²) in [6, 6.07) is 8.26. The highest BCUT2D eigenvalue weighted by atomic mass is 19.1. The molecule has 186 valence electrons. The minimum absolute atomic E-state index is 0.133. The van der Waals surface area contributed by atoms with E-state index in [1.54, 1.807) is 18.3 Å². The van der Waals surface area contributed by atoms with E-state index in [2.05, 4.69) is 22.1 Å². The molecule has 0 spiro atoms. The molecule has 1 aliphatic heterocycles. The van der Waals surface area contributed by atoms with Gasteiger partial charge in [-0.3, -0.25) is 19.5 Å². The van der Waals surface area contributed by atoms with Crippen LogP contribution >= 0.6 is 0 Å². The normalized spacial score (nSPS) is 16.3. The summed E-state index contributed by atoms with van der Waals surface area (Å²) in [5, 5.41) is 13.8. The minimum Gasteiger partial charge on any atom is -0.505 e. The first-order valence-electron chi connectivity index (χ1n) is 12.3. The molecule has 1 unspecified atom stereocenters. The molecule has 8 heteroatoms. The summed E-state index contributed by atoms with van der Waals surface area (Å²) in [5.74, 6) is -1.14. The van der Waals surface area contributed by atoms with Crippen molar-refractivity contribution in [3.63, 3.8) is 0 Å². The Morgan fingerprint density at radius 1 is 1.26 bits per heavy atom. The van der Waals surface area contributed by atoms with Crippen LogP contribution in [0.4, 0.5) is 4.39 Å². The predicted octanol–water partition coefficient (Wildman–Crippen LogP) is 3.70. The fraction of sp³-hybridized carbons (Fsp3) is 0.444. The number of hydrogen-bond acceptors (Lipinski definition) is 5. The van der Waals surface area contributed by atoms with Crippen LogP contribution in [0, 0.1) is 11.7 Å². The summed E-state index contributed by atoms with van der Waals surface area (Å²) in [5.41, 5.74) is 1.62. The van der Waals surface area contributed by atoms with Crippen molar-refractivity contribution >= 4 is 16.9 Å². The van der Waals surface area contributed by atoms with Gasteiger partial charge in [-0.1, -0.05) is 32.9 Å². The van der Waals surface area contributed by atoms with Crippen molar-refractivity contribution in [1.29, 1.82) is 0 Å². The minimum atomic E-state index is -0.577. The smallest absolute Gasteiger partial charge is 0.267 e. The number of pyridine rings is 2. The lowest BCUT2D eigenvalue weighted by Crippen LogP contribution is -2.42. The Morgan fingerprint density at radius 2 is 2.00 bits per heavy atom. The average molecular weight is 481 g/mol. The van der Waals surface area contributed by atoms with Crippen LogP contribution in [0.3, 0.4) is 0 Å². The Kier molecular flexibility index (Phi) is 7.50. The maximum absolute atomic E-state index is 13.5. The van der Waals surface area contributed by atoms with Crippen LogP contribution in [0.2, 0.25) is 0 Å². The lowest BCUT2D eigenvalue weighted by Gasteiger charge is -2.23. The zero-order valence-electron chi connectivity index (χ0n) is 20.6. The Morgan fingerprint density at radius 3 is 2.69 bits per heavy atom. The molecule has 7 nitrogen and oxygen atoms in total. The predicted molar refractivity (Wildman–Crippen MR) is 134 cm³/mol. The van der Waals surface area contributed by atoms with E-state index in [-0.39, 0.29) is 28.9 Å². The van der Waals surface area contributed by atoms with E-state index in [0.29, 0.717) is 25.0 Å². The quantitative estimate of drug-likeness (QED) is 0.513. The van der Waals surface area contributed by atoms with Gasteiger partial charge in [0.15, 0.2) is 5.75 Å². The number of benzene rings is 1. The molecular weight excluding hydrogens is 447 g/mol. The molecule has 1 saturated heterocycles. The fourth-order valence-electron chi connectivity index (χ4n) is 4.87. The van der Waals surface area contributed by atoms with Crippen molar-refractivity contribution in [2.24, 2.45) is 5.92 Å². The summed E-state index contributed by atoms with van der Waals surface area (Å²) in [7, 11) is 0. The Labute approximate surface area is 204 Å². The molecule has 0 aliphatic carbocycles. The highest BCUT2D eigenvalue weighted by molar-refractivity contribution is 6.01. The molecular formula is C27H33FN4O3. The number of hydrogen-bond donors (Lipinski definition) is 2. The summed E-state index contributed by atoms with van der Waals surface area (Å²) in [6.45, 7) is 8.79. The third-order valence-corrected chi connectivity index (χ3v) is 6.63. The van der Waals surface area contributed by atoms with Crippen LogP contribution in [-0.2, 0) is 13.0 Å². The van der Waals surface area contributed by atoms with Gasteiger partial charge in [-0.05, 0) is 67.6 Å². The highest BCUT2D eigenvalue weighted by Gasteiger charge is 2.27. The Bertz CT molecular complexity index is 1270. The highest BCUT2D eigenvalue weighted by Crippen LogP contribution is 2.27. The SMILES string of the molecule is CCN1CCCC1CNC(=O)c1c(O)c2ncc(Cc3ccc(F)cc3)cc2n(CC(C)C)c1=O. The number of aromatic nitrogens is 2. The molecule has 2 N–H and O–H groups in total. The van der Waals surface area contributed by atoms with Crippen molar-refractivity contribution < 1.29 is 14.3 Å². The number of nitrogens with one attached hydrogen (secondary N) is 1. The first kappa shape index (κ1) is 24.9. The number of rotatable bonds is 8. The van der Waals surface area contributed by atoms with Gasteiger partial charge in [0.1, 0.15) is 16.9 Å². The molecule has 3 aromatic rings. The van der Waals surface area contributed by atoms with Crippen LogP contribution in [0.1, 0.15) is 55.1 Å². The average Bonchev–Trinajstić information content (AvgIpc) is 3.29. The van der Waals surface area contributed by atoms with Gasteiger partial charge in [0, 0.05) is 25.3 Å². The molecule has 1 fully saturated rings. The van der Waals surface area contributed by atoms with E-state index in [4.69, 9.17) is 0 Å². The van der Waals surface area contributed by atoms with Gasteiger partial charge in [0.2, 0.25) is 0 Å². The number of likely N-dealkylation sites (N-methyl/N-ethyl adjacent to an activating group) is 1. The van der Waals surface area contributed by atoms with Crippen molar-refractivity contribution in [2.75, 3.05) is 19.6 Å². The van der Waals surface area contributed by atoms with E-state index < -0.39 is 17.2 Å². The molecule has 1 aromatic carbocycles. The van der Waals surface area contributed by atoms with Gasteiger partial charge >= 0.3 is 0 Å². The van der Waals surface area contributed by atoms with Gasteiger partial charge in [0.25, 0.3) is 11.5 Å². The van der Waals surface area contributed by atoms with Gasteiger partial charge in [-0.25, -0.2) is 4.39 Å². The lowest BCUT2D eigenvalue weighted by molar-refractivity contribution is 0.0936. The van der Waals surface area contributed by atoms with E-state index in [0.717, 1.165) is 37.1 Å². The topological polar surface area (TPSA) is 87.5 Å². The number of fused-ring (bicyclic) bond motifs is 1. The van der Waals surface area contributed by atoms with Gasteiger partial charge in [-0.15, -0.1) is 0 Å². The lowest BCUT2D eigenvalue weighted by atomic mass is 10.0. The summed E-state index contributed by atoms with van der Waals surface area (Å²) in [4.78, 5) is 33.3. The Hall–Kier alpha value is -3.26. The summed E-state index contributed by atoms with van der Waals surface area (Å²) < 4.78 is 14.8. The number of nitrogens with zero attached hydrogens (tertiary/aromatic N) is 3. The van der Waals surface area contributed by atoms with E-state index in [1.165, 1.54) is 16.7 Å². The largest absolute Gasteiger partial charge is 0.505 e. The summed E-state index contributed by atoms with van der Waals surface area (Å²) in [6.07, 6.45) is 4.20. The van der Waals surface area contributed by atoms with Crippen LogP contribution in [-0.4, -0.2) is 51.1 Å². The monoisotopic (exact) mass is 480 g/mol. The standard InChI is InChI=1S/C27H33FN4O3/c1-4-31-11-5-6-21(31)15-30-26(34)23-25(33)24-22(32(27(23)35)16-17(2)3)13-19(14-29-24)12-18-7-9-20(28)10-8-18/h7-10,13-14,17,21,33H,4-6,11-12,15-16H2,1-3H3,(H,30,34). The van der Waals surface area contributed by atoms with Crippen LogP contribution in [0.15, 0.2) is 41.3 Å². The third-order valence-electron chi connectivity index (χ3n) is 6.63. The van der Waals surface area contributed by atoms with Gasteiger partial charge < -0.3 is 15.0 Å². The second kappa shape index (κ2) is 10.6. The van der Waals surface area contributed by atoms with Crippen LogP contribution < -0.4 is 10.9 Å². The van der Waals surface area contributed by atoms with E-state index in [1.807, 2.05) is 19.9 Å². The van der Waals surface area contributed by atoms with Crippen LogP contribution in [0.5, 0.6) is 5.75 Å². The summed E-state index contributed by atoms with van der Waals surface area (Å²) >= 11 is 0. The number of aromatic hydroxyl groups is 1. The zero-order valence-corrected chi connectivity index (χ0v) is 20.6. The number of carbonyl (C=O) groups excluding carboxylic acids is 1. The number of halogens is 1. The van der Waals surface area contributed by atoms with E-state index >= 15 is 0 Å². The molecule has 1 amide bonds. The Balaban J connectivity index is 1.70. The maximum atomic E-state index is 13.5. The number of amides is 1. The van der Waals surface area contributed by atoms with E-state index in [9.17, 15) is 19.1 Å². The first-order chi connectivity index (χ1) is 16.8. The molecule has 0 radical (unpaired) electrons. The third kappa shape index (κ3) is 5.37. The number of carbonyl (C=O) groups is 1. The van der Waals surface area contributed by atoms with Crippen molar-refractivity contribution in [3.05, 3.63) is 69.4 Å². The van der Waals surface area contributed by atoms with Gasteiger partial charge in [-0.2, -0.15) is 0 Å². The molecule has 2 aromatic heterocycles. The molecule has 3 heterocycles. The van der Waals surface area contributed by atoms with Gasteiger partial charge in [0.05, 0.1) is 5.52 Å². The molecule has 4 rings (SSSR count). The second-order valence-electron chi connectivity index (χ2n) is 9.68. The van der Waals surface area contributed by atoms with Crippen LogP contribution in [0.25, 0.3) is 11.0 Å². The first-order valence-corrected chi connectivity index (χ1v) is 12.3. The van der Waals surface area contributed by atoms with Crippen molar-refractivity contribution in [3.8, 4) is 5.75 Å². The maximum Gasteiger partial charge on any atom is 0.267 e. The molecule has 0 saturated carbocycles. The molecule has 0 bridgehead atoms. The molecule has 35 heavy (non-hydrogen) atoms. The number of likely N-dealkylation sites (tertiary alicyclic amines) is 1. The zero-order chi connectivity index (χ0) is 25.1.